The number of hydrogen-bond acceptors (Lipinski definition) is 5. The minimum Gasteiger partial charge on any atom is -0.508 e. The molecule has 0 unspecified atom stereocenters. The first kappa shape index (κ1) is 16.0. The van der Waals surface area contributed by atoms with Crippen molar-refractivity contribution >= 4 is 27.5 Å². The number of hydrogen-bond donors (Lipinski definition) is 2. The molecule has 2 aliphatic heterocycles. The Kier molecular flexibility index (Phi) is 2.92. The largest absolute Gasteiger partial charge is 0.508 e. The van der Waals surface area contributed by atoms with Crippen LogP contribution in [0.4, 0.5) is 0 Å². The van der Waals surface area contributed by atoms with Crippen LogP contribution in [0.3, 0.4) is 0 Å². The molecule has 29 heavy (non-hydrogen) atoms. The highest BCUT2D eigenvalue weighted by Gasteiger charge is 2.48. The Morgan fingerprint density at radius 3 is 1.72 bits per heavy atom. The first-order valence-corrected chi connectivity index (χ1v) is 9.18. The van der Waals surface area contributed by atoms with Crippen LogP contribution in [-0.4, -0.2) is 16.2 Å². The molecule has 0 aliphatic carbocycles. The quantitative estimate of drug-likeness (QED) is 0.425. The number of benzene rings is 4. The summed E-state index contributed by atoms with van der Waals surface area (Å²) in [6.07, 6.45) is 3.13. The summed E-state index contributed by atoms with van der Waals surface area (Å²) in [5.74, 6) is 0.855. The molecule has 2 N–H and O–H groups in total. The molecule has 4 aromatic carbocycles. The Balaban J connectivity index is 1.80. The fraction of sp³-hybridized carbons (Fsp3) is 0.0417. The Labute approximate surface area is 165 Å². The van der Waals surface area contributed by atoms with Gasteiger partial charge in [-0.25, -0.2) is 4.79 Å². The molecule has 0 radical (unpaired) electrons. The van der Waals surface area contributed by atoms with Crippen LogP contribution in [0.5, 0.6) is 23.0 Å². The minimum atomic E-state index is -1.22. The van der Waals surface area contributed by atoms with Crippen LogP contribution < -0.4 is 4.74 Å². The van der Waals surface area contributed by atoms with Crippen LogP contribution in [0.1, 0.15) is 11.1 Å². The van der Waals surface area contributed by atoms with Gasteiger partial charge in [0.2, 0.25) is 0 Å². The Hall–Kier alpha value is -3.99. The standard InChI is InChI=1S/C24H14O5/c25-15-5-1-13-3-7-19-22(17(13)11-15)24(10-9-21(27)29-24)23-18-12-16(26)6-2-14(18)4-8-20(23)28-19/h1-12,25-26H. The summed E-state index contributed by atoms with van der Waals surface area (Å²) < 4.78 is 12.2. The summed E-state index contributed by atoms with van der Waals surface area (Å²) in [6, 6.07) is 17.6. The van der Waals surface area contributed by atoms with Crippen LogP contribution in [0.2, 0.25) is 0 Å². The van der Waals surface area contributed by atoms with Crippen molar-refractivity contribution < 1.29 is 24.5 Å². The van der Waals surface area contributed by atoms with Gasteiger partial charge in [-0.15, -0.1) is 0 Å². The van der Waals surface area contributed by atoms with Crippen molar-refractivity contribution in [1.82, 2.24) is 0 Å². The number of phenols is 2. The van der Waals surface area contributed by atoms with Crippen molar-refractivity contribution in [3.8, 4) is 23.0 Å². The average Bonchev–Trinajstić information content (AvgIpc) is 3.08. The Bertz CT molecular complexity index is 1310. The zero-order chi connectivity index (χ0) is 19.8. The highest BCUT2D eigenvalue weighted by atomic mass is 16.6. The lowest BCUT2D eigenvalue weighted by Gasteiger charge is -2.36. The number of carbonyl (C=O) groups is 1. The summed E-state index contributed by atoms with van der Waals surface area (Å²) in [6.45, 7) is 0. The van der Waals surface area contributed by atoms with Gasteiger partial charge in [0, 0.05) is 6.08 Å². The third kappa shape index (κ3) is 2.07. The molecule has 2 aliphatic rings. The van der Waals surface area contributed by atoms with Gasteiger partial charge in [-0.2, -0.15) is 0 Å². The maximum absolute atomic E-state index is 12.3. The van der Waals surface area contributed by atoms with Gasteiger partial charge >= 0.3 is 5.97 Å². The van der Waals surface area contributed by atoms with E-state index in [0.717, 1.165) is 21.5 Å². The third-order valence-corrected chi connectivity index (χ3v) is 5.61. The summed E-state index contributed by atoms with van der Waals surface area (Å²) >= 11 is 0. The summed E-state index contributed by atoms with van der Waals surface area (Å²) in [7, 11) is 0. The van der Waals surface area contributed by atoms with E-state index in [1.807, 2.05) is 36.4 Å². The topological polar surface area (TPSA) is 76.0 Å². The van der Waals surface area contributed by atoms with Gasteiger partial charge < -0.3 is 19.7 Å². The van der Waals surface area contributed by atoms with E-state index in [2.05, 4.69) is 0 Å². The highest BCUT2D eigenvalue weighted by Crippen LogP contribution is 2.56. The molecule has 2 heterocycles. The minimum absolute atomic E-state index is 0.107. The van der Waals surface area contributed by atoms with Crippen molar-refractivity contribution in [2.24, 2.45) is 0 Å². The predicted octanol–water partition coefficient (Wildman–Crippen LogP) is 4.87. The highest BCUT2D eigenvalue weighted by molar-refractivity contribution is 5.99. The molecule has 5 nitrogen and oxygen atoms in total. The molecule has 0 saturated carbocycles. The maximum Gasteiger partial charge on any atom is 0.332 e. The second-order valence-corrected chi connectivity index (χ2v) is 7.28. The van der Waals surface area contributed by atoms with Gasteiger partial charge in [-0.3, -0.25) is 0 Å². The SMILES string of the molecule is O=C1C=CC2(O1)c1c(ccc3ccc(O)cc13)Oc1ccc3ccc(O)cc3c12. The summed E-state index contributed by atoms with van der Waals surface area (Å²) in [5.41, 5.74) is 0.0772. The summed E-state index contributed by atoms with van der Waals surface area (Å²) in [5, 5.41) is 23.5. The number of rotatable bonds is 0. The third-order valence-electron chi connectivity index (χ3n) is 5.61. The number of aromatic hydroxyl groups is 2. The number of ether oxygens (including phenoxy) is 2. The fourth-order valence-electron chi connectivity index (χ4n) is 4.44. The van der Waals surface area contributed by atoms with Crippen molar-refractivity contribution in [3.63, 3.8) is 0 Å². The van der Waals surface area contributed by atoms with Crippen molar-refractivity contribution in [1.29, 1.82) is 0 Å². The van der Waals surface area contributed by atoms with Gasteiger partial charge in [0.1, 0.15) is 23.0 Å². The van der Waals surface area contributed by atoms with E-state index in [1.54, 1.807) is 30.3 Å². The van der Waals surface area contributed by atoms with Crippen molar-refractivity contribution in [2.45, 2.75) is 5.60 Å². The number of carbonyl (C=O) groups excluding carboxylic acids is 1. The molecule has 0 bridgehead atoms. The Morgan fingerprint density at radius 1 is 0.724 bits per heavy atom. The first-order valence-electron chi connectivity index (χ1n) is 9.18. The zero-order valence-corrected chi connectivity index (χ0v) is 15.0. The maximum atomic E-state index is 12.3. The summed E-state index contributed by atoms with van der Waals surface area (Å²) in [4.78, 5) is 12.3. The lowest BCUT2D eigenvalue weighted by molar-refractivity contribution is -0.143. The van der Waals surface area contributed by atoms with Gasteiger partial charge in [0.25, 0.3) is 0 Å². The molecular weight excluding hydrogens is 368 g/mol. The fourth-order valence-corrected chi connectivity index (χ4v) is 4.44. The molecule has 6 rings (SSSR count). The first-order chi connectivity index (χ1) is 14.0. The Morgan fingerprint density at radius 2 is 1.24 bits per heavy atom. The van der Waals surface area contributed by atoms with E-state index < -0.39 is 11.6 Å². The van der Waals surface area contributed by atoms with Crippen LogP contribution in [0.15, 0.2) is 72.8 Å². The van der Waals surface area contributed by atoms with Gasteiger partial charge in [-0.05, 0) is 64.0 Å². The van der Waals surface area contributed by atoms with E-state index in [-0.39, 0.29) is 11.5 Å². The van der Waals surface area contributed by atoms with E-state index >= 15 is 0 Å². The second kappa shape index (κ2) is 5.29. The average molecular weight is 382 g/mol. The smallest absolute Gasteiger partial charge is 0.332 e. The lowest BCUT2D eigenvalue weighted by Crippen LogP contribution is -2.31. The normalized spacial score (nSPS) is 15.9. The van der Waals surface area contributed by atoms with Crippen molar-refractivity contribution in [2.75, 3.05) is 0 Å². The predicted molar refractivity (Wildman–Crippen MR) is 107 cm³/mol. The monoisotopic (exact) mass is 382 g/mol. The molecule has 140 valence electrons. The molecule has 4 aromatic rings. The van der Waals surface area contributed by atoms with Crippen LogP contribution in [0.25, 0.3) is 21.5 Å². The molecule has 0 fully saturated rings. The van der Waals surface area contributed by atoms with Gasteiger partial charge in [-0.1, -0.05) is 24.3 Å². The van der Waals surface area contributed by atoms with Gasteiger partial charge in [0.15, 0.2) is 5.60 Å². The molecular formula is C24H14O5. The molecule has 0 atom stereocenters. The molecule has 1 spiro atoms. The zero-order valence-electron chi connectivity index (χ0n) is 15.0. The number of esters is 1. The molecule has 0 aromatic heterocycles. The molecule has 5 heteroatoms. The van der Waals surface area contributed by atoms with E-state index in [9.17, 15) is 15.0 Å². The molecule has 0 amide bonds. The molecule has 0 saturated heterocycles. The van der Waals surface area contributed by atoms with E-state index in [4.69, 9.17) is 9.47 Å². The van der Waals surface area contributed by atoms with Crippen LogP contribution in [-0.2, 0) is 15.1 Å². The van der Waals surface area contributed by atoms with Gasteiger partial charge in [0.05, 0.1) is 11.1 Å². The van der Waals surface area contributed by atoms with Crippen molar-refractivity contribution in [3.05, 3.63) is 83.9 Å². The second-order valence-electron chi connectivity index (χ2n) is 7.28. The number of fused-ring (bicyclic) bond motifs is 8. The van der Waals surface area contributed by atoms with E-state index in [1.165, 1.54) is 6.08 Å². The number of phenolic OH excluding ortho intramolecular Hbond substituents is 2. The van der Waals surface area contributed by atoms with E-state index in [0.29, 0.717) is 22.6 Å². The van der Waals surface area contributed by atoms with Crippen LogP contribution in [0, 0.1) is 0 Å². The lowest BCUT2D eigenvalue weighted by atomic mass is 9.78. The van der Waals surface area contributed by atoms with Crippen LogP contribution >= 0.6 is 0 Å².